The Kier molecular flexibility index (Phi) is 5.17. The average molecular weight is 254 g/mol. The maximum absolute atomic E-state index is 12.3. The normalized spacial score (nSPS) is 12.4. The van der Waals surface area contributed by atoms with Crippen molar-refractivity contribution in [2.45, 2.75) is 13.8 Å². The Balaban J connectivity index is 3.06. The van der Waals surface area contributed by atoms with Crippen LogP contribution in [0.2, 0.25) is 0 Å². The highest BCUT2D eigenvalue weighted by atomic mass is 31.2. The number of hydrogen-bond donors (Lipinski definition) is 1. The number of aromatic amines is 1. The second kappa shape index (κ2) is 6.41. The first kappa shape index (κ1) is 13.7. The zero-order chi connectivity index (χ0) is 12.7. The van der Waals surface area contributed by atoms with Crippen LogP contribution >= 0.6 is 7.60 Å². The largest absolute Gasteiger partial charge is 0.371 e. The molecule has 1 rings (SSSR count). The minimum Gasteiger partial charge on any atom is -0.362 e. The van der Waals surface area contributed by atoms with Crippen LogP contribution < -0.4 is 0 Å². The van der Waals surface area contributed by atoms with Gasteiger partial charge in [0.05, 0.1) is 13.2 Å². The molecule has 1 heterocycles. The Hall–Kier alpha value is -1.34. The summed E-state index contributed by atoms with van der Waals surface area (Å²) >= 11 is 0. The Bertz CT molecular complexity index is 450. The molecule has 1 N–H and O–H groups in total. The van der Waals surface area contributed by atoms with Gasteiger partial charge in [0.1, 0.15) is 11.4 Å². The van der Waals surface area contributed by atoms with Crippen LogP contribution in [0.25, 0.3) is 6.08 Å². The quantitative estimate of drug-likeness (QED) is 0.625. The van der Waals surface area contributed by atoms with Gasteiger partial charge in [0, 0.05) is 11.9 Å². The number of hydrogen-bond acceptors (Lipinski definition) is 4. The number of nitrogens with zero attached hydrogens (tertiary/aromatic N) is 1. The number of H-pyrrole nitrogens is 1. The van der Waals surface area contributed by atoms with Crippen molar-refractivity contribution < 1.29 is 13.6 Å². The fourth-order valence-electron chi connectivity index (χ4n) is 1.27. The van der Waals surface area contributed by atoms with E-state index in [9.17, 15) is 4.57 Å². The van der Waals surface area contributed by atoms with Crippen molar-refractivity contribution >= 4 is 13.7 Å². The van der Waals surface area contributed by atoms with Crippen LogP contribution in [-0.4, -0.2) is 18.2 Å². The molecular weight excluding hydrogens is 239 g/mol. The molecule has 0 aromatic carbocycles. The molecule has 1 aromatic heterocycles. The van der Waals surface area contributed by atoms with Gasteiger partial charge in [0.15, 0.2) is 0 Å². The van der Waals surface area contributed by atoms with Gasteiger partial charge in [0.2, 0.25) is 0 Å². The van der Waals surface area contributed by atoms with Gasteiger partial charge in [-0.25, -0.2) is 0 Å². The molecule has 92 valence electrons. The third-order valence-electron chi connectivity index (χ3n) is 1.92. The lowest BCUT2D eigenvalue weighted by atomic mass is 10.4. The summed E-state index contributed by atoms with van der Waals surface area (Å²) in [5.41, 5.74) is 0.682. The van der Waals surface area contributed by atoms with Crippen molar-refractivity contribution in [2.24, 2.45) is 0 Å². The Morgan fingerprint density at radius 1 is 1.53 bits per heavy atom. The Labute approximate surface area is 101 Å². The second-order valence-corrected chi connectivity index (χ2v) is 5.09. The molecule has 0 amide bonds. The van der Waals surface area contributed by atoms with Crippen LogP contribution in [0, 0.1) is 11.3 Å². The van der Waals surface area contributed by atoms with Gasteiger partial charge >= 0.3 is 7.60 Å². The van der Waals surface area contributed by atoms with E-state index in [1.165, 1.54) is 6.08 Å². The van der Waals surface area contributed by atoms with Gasteiger partial charge in [-0.1, -0.05) is 0 Å². The predicted molar refractivity (Wildman–Crippen MR) is 65.2 cm³/mol. The topological polar surface area (TPSA) is 75.1 Å². The average Bonchev–Trinajstić information content (AvgIpc) is 2.79. The van der Waals surface area contributed by atoms with Crippen LogP contribution in [0.4, 0.5) is 0 Å². The van der Waals surface area contributed by atoms with E-state index in [1.54, 1.807) is 32.2 Å². The van der Waals surface area contributed by atoms with E-state index in [0.29, 0.717) is 5.69 Å². The van der Waals surface area contributed by atoms with E-state index in [4.69, 9.17) is 14.3 Å². The van der Waals surface area contributed by atoms with Crippen LogP contribution in [-0.2, 0) is 13.6 Å². The highest BCUT2D eigenvalue weighted by molar-refractivity contribution is 7.59. The lowest BCUT2D eigenvalue weighted by Crippen LogP contribution is -1.97. The van der Waals surface area contributed by atoms with Crippen molar-refractivity contribution in [1.82, 2.24) is 4.98 Å². The summed E-state index contributed by atoms with van der Waals surface area (Å²) in [5, 5.41) is 9.05. The molecule has 5 nitrogen and oxygen atoms in total. The second-order valence-electron chi connectivity index (χ2n) is 3.10. The Morgan fingerprint density at radius 2 is 2.18 bits per heavy atom. The molecule has 1 aromatic rings. The fourth-order valence-corrected chi connectivity index (χ4v) is 2.72. The lowest BCUT2D eigenvalue weighted by molar-refractivity contribution is 0.227. The summed E-state index contributed by atoms with van der Waals surface area (Å²) in [5.74, 6) is 0. The maximum atomic E-state index is 12.3. The molecule has 0 aliphatic heterocycles. The maximum Gasteiger partial charge on any atom is 0.371 e. The number of nitrogens with one attached hydrogen (secondary N) is 1. The van der Waals surface area contributed by atoms with Crippen LogP contribution in [0.15, 0.2) is 23.6 Å². The molecule has 6 heteroatoms. The third-order valence-corrected chi connectivity index (χ3v) is 3.94. The summed E-state index contributed by atoms with van der Waals surface area (Å²) < 4.78 is 22.5. The summed E-state index contributed by atoms with van der Waals surface area (Å²) in [7, 11) is -3.49. The molecule has 0 aliphatic carbocycles. The highest BCUT2D eigenvalue weighted by Crippen LogP contribution is 2.56. The number of aromatic nitrogens is 1. The minimum absolute atomic E-state index is 0.00338. The lowest BCUT2D eigenvalue weighted by Gasteiger charge is -2.15. The molecule has 0 unspecified atom stereocenters. The number of nitriles is 1. The molecule has 17 heavy (non-hydrogen) atoms. The van der Waals surface area contributed by atoms with Crippen molar-refractivity contribution in [2.75, 3.05) is 13.2 Å². The first-order valence-electron chi connectivity index (χ1n) is 5.31. The molecule has 0 fully saturated rings. The van der Waals surface area contributed by atoms with E-state index in [2.05, 4.69) is 4.98 Å². The molecule has 0 bridgehead atoms. The van der Waals surface area contributed by atoms with Crippen LogP contribution in [0.3, 0.4) is 0 Å². The summed E-state index contributed by atoms with van der Waals surface area (Å²) in [6, 6.07) is 5.43. The van der Waals surface area contributed by atoms with Crippen LogP contribution in [0.5, 0.6) is 0 Å². The van der Waals surface area contributed by atoms with E-state index in [0.717, 1.165) is 0 Å². The van der Waals surface area contributed by atoms with Gasteiger partial charge in [-0.05, 0) is 32.1 Å². The smallest absolute Gasteiger partial charge is 0.362 e. The zero-order valence-electron chi connectivity index (χ0n) is 9.84. The van der Waals surface area contributed by atoms with Crippen LogP contribution in [0.1, 0.15) is 19.5 Å². The van der Waals surface area contributed by atoms with Gasteiger partial charge < -0.3 is 14.0 Å². The predicted octanol–water partition coefficient (Wildman–Crippen LogP) is 3.15. The van der Waals surface area contributed by atoms with Crippen molar-refractivity contribution in [3.05, 3.63) is 29.3 Å². The van der Waals surface area contributed by atoms with E-state index in [-0.39, 0.29) is 18.5 Å². The SMILES string of the molecule is CCOP(=O)(OCC)/C(C#N)=C\c1ccc[nH]1. The molecule has 0 spiro atoms. The van der Waals surface area contributed by atoms with Gasteiger partial charge in [-0.3, -0.25) is 4.57 Å². The van der Waals surface area contributed by atoms with Crippen molar-refractivity contribution in [1.29, 1.82) is 5.26 Å². The van der Waals surface area contributed by atoms with Crippen molar-refractivity contribution in [3.63, 3.8) is 0 Å². The zero-order valence-corrected chi connectivity index (χ0v) is 10.7. The van der Waals surface area contributed by atoms with Gasteiger partial charge in [0.25, 0.3) is 0 Å². The molecule has 0 atom stereocenters. The molecular formula is C11H15N2O3P. The first-order valence-corrected chi connectivity index (χ1v) is 6.85. The summed E-state index contributed by atoms with van der Waals surface area (Å²) in [6.45, 7) is 3.85. The number of allylic oxidation sites excluding steroid dienone is 1. The molecule has 0 radical (unpaired) electrons. The molecule has 0 aliphatic rings. The third kappa shape index (κ3) is 3.57. The standard InChI is InChI=1S/C11H15N2O3P/c1-3-15-17(14,16-4-2)11(9-12)8-10-6-5-7-13-10/h5-8,13H,3-4H2,1-2H3/b11-8-. The summed E-state index contributed by atoms with van der Waals surface area (Å²) in [4.78, 5) is 2.90. The minimum atomic E-state index is -3.49. The fraction of sp³-hybridized carbons (Fsp3) is 0.364. The van der Waals surface area contributed by atoms with E-state index >= 15 is 0 Å². The number of rotatable bonds is 6. The monoisotopic (exact) mass is 254 g/mol. The van der Waals surface area contributed by atoms with Gasteiger partial charge in [-0.15, -0.1) is 0 Å². The van der Waals surface area contributed by atoms with E-state index < -0.39 is 7.60 Å². The molecule has 0 saturated heterocycles. The first-order chi connectivity index (χ1) is 8.16. The Morgan fingerprint density at radius 3 is 2.59 bits per heavy atom. The highest BCUT2D eigenvalue weighted by Gasteiger charge is 2.29. The van der Waals surface area contributed by atoms with E-state index in [1.807, 2.05) is 6.07 Å². The van der Waals surface area contributed by atoms with Gasteiger partial charge in [-0.2, -0.15) is 5.26 Å². The summed E-state index contributed by atoms with van der Waals surface area (Å²) in [6.07, 6.45) is 3.19. The molecule has 0 saturated carbocycles. The van der Waals surface area contributed by atoms with Crippen molar-refractivity contribution in [3.8, 4) is 6.07 Å².